The number of nitrogens with one attached hydrogen (secondary N) is 1. The van der Waals surface area contributed by atoms with Gasteiger partial charge in [-0.15, -0.1) is 0 Å². The Morgan fingerprint density at radius 2 is 1.81 bits per heavy atom. The van der Waals surface area contributed by atoms with Crippen molar-refractivity contribution in [1.82, 2.24) is 10.2 Å². The van der Waals surface area contributed by atoms with Gasteiger partial charge in [0.25, 0.3) is 0 Å². The van der Waals surface area contributed by atoms with Crippen LogP contribution in [0.25, 0.3) is 0 Å². The van der Waals surface area contributed by atoms with Crippen molar-refractivity contribution >= 4 is 5.91 Å². The van der Waals surface area contributed by atoms with E-state index in [9.17, 15) is 4.79 Å². The van der Waals surface area contributed by atoms with Crippen LogP contribution in [0.15, 0.2) is 0 Å². The predicted octanol–water partition coefficient (Wildman–Crippen LogP) is 1.01. The van der Waals surface area contributed by atoms with Crippen molar-refractivity contribution in [3.05, 3.63) is 0 Å². The molecule has 2 atom stereocenters. The van der Waals surface area contributed by atoms with E-state index in [0.29, 0.717) is 0 Å². The van der Waals surface area contributed by atoms with Crippen molar-refractivity contribution in [3.8, 4) is 0 Å². The van der Waals surface area contributed by atoms with Crippen molar-refractivity contribution in [2.45, 2.75) is 52.3 Å². The van der Waals surface area contributed by atoms with Crippen LogP contribution in [-0.4, -0.2) is 48.2 Å². The van der Waals surface area contributed by atoms with Crippen LogP contribution in [0.2, 0.25) is 0 Å². The Balaban J connectivity index is 2.51. The highest BCUT2D eigenvalue weighted by Crippen LogP contribution is 2.12. The maximum atomic E-state index is 12.0. The molecule has 0 aliphatic carbocycles. The summed E-state index contributed by atoms with van der Waals surface area (Å²) in [4.78, 5) is 14.0. The Hall–Kier alpha value is -0.610. The predicted molar refractivity (Wildman–Crippen MR) is 64.3 cm³/mol. The molecule has 94 valence electrons. The number of carbonyl (C=O) groups excluding carboxylic acids is 1. The van der Waals surface area contributed by atoms with E-state index in [4.69, 9.17) is 4.74 Å². The first kappa shape index (κ1) is 13.5. The van der Waals surface area contributed by atoms with E-state index in [1.54, 1.807) is 0 Å². The van der Waals surface area contributed by atoms with Crippen LogP contribution in [0, 0.1) is 0 Å². The number of rotatable bonds is 2. The summed E-state index contributed by atoms with van der Waals surface area (Å²) >= 11 is 0. The number of hydrogen-bond donors (Lipinski definition) is 1. The maximum Gasteiger partial charge on any atom is 0.249 e. The lowest BCUT2D eigenvalue weighted by molar-refractivity contribution is -0.146. The van der Waals surface area contributed by atoms with Crippen LogP contribution in [0.4, 0.5) is 0 Å². The van der Waals surface area contributed by atoms with Crippen molar-refractivity contribution in [2.75, 3.05) is 19.7 Å². The fourth-order valence-electron chi connectivity index (χ4n) is 1.98. The smallest absolute Gasteiger partial charge is 0.249 e. The summed E-state index contributed by atoms with van der Waals surface area (Å²) in [5.41, 5.74) is -0.254. The highest BCUT2D eigenvalue weighted by molar-refractivity contribution is 5.78. The van der Waals surface area contributed by atoms with E-state index in [2.05, 4.69) is 19.2 Å². The first-order valence-electron chi connectivity index (χ1n) is 5.97. The lowest BCUT2D eigenvalue weighted by Gasteiger charge is -2.39. The quantitative estimate of drug-likeness (QED) is 0.767. The number of piperazine rings is 1. The molecular formula is C12H24N2O2. The van der Waals surface area contributed by atoms with Crippen LogP contribution >= 0.6 is 0 Å². The van der Waals surface area contributed by atoms with Gasteiger partial charge in [0, 0.05) is 25.2 Å². The largest absolute Gasteiger partial charge is 0.366 e. The summed E-state index contributed by atoms with van der Waals surface area (Å²) in [6.07, 6.45) is 0. The number of carbonyl (C=O) groups is 1. The minimum Gasteiger partial charge on any atom is -0.366 e. The zero-order valence-corrected chi connectivity index (χ0v) is 11.0. The highest BCUT2D eigenvalue weighted by atomic mass is 16.5. The van der Waals surface area contributed by atoms with Crippen molar-refractivity contribution < 1.29 is 9.53 Å². The molecule has 4 nitrogen and oxygen atoms in total. The Kier molecular flexibility index (Phi) is 4.33. The molecular weight excluding hydrogens is 204 g/mol. The molecule has 16 heavy (non-hydrogen) atoms. The van der Waals surface area contributed by atoms with Crippen LogP contribution in [-0.2, 0) is 9.53 Å². The van der Waals surface area contributed by atoms with Gasteiger partial charge >= 0.3 is 0 Å². The second kappa shape index (κ2) is 5.15. The number of ether oxygens (including phenoxy) is 1. The average molecular weight is 228 g/mol. The van der Waals surface area contributed by atoms with Crippen molar-refractivity contribution in [1.29, 1.82) is 0 Å². The number of nitrogens with zero attached hydrogens (tertiary/aromatic N) is 1. The van der Waals surface area contributed by atoms with Crippen molar-refractivity contribution in [2.24, 2.45) is 0 Å². The molecule has 0 aromatic rings. The van der Waals surface area contributed by atoms with E-state index in [-0.39, 0.29) is 30.2 Å². The maximum absolute atomic E-state index is 12.0. The molecule has 4 heteroatoms. The summed E-state index contributed by atoms with van der Waals surface area (Å²) in [6, 6.07) is 0.500. The van der Waals surface area contributed by atoms with Gasteiger partial charge in [0.15, 0.2) is 0 Å². The lowest BCUT2D eigenvalue weighted by atomic mass is 10.1. The van der Waals surface area contributed by atoms with Gasteiger partial charge in [0.05, 0.1) is 5.60 Å². The van der Waals surface area contributed by atoms with Crippen LogP contribution in [0.1, 0.15) is 34.6 Å². The second-order valence-corrected chi connectivity index (χ2v) is 5.56. The summed E-state index contributed by atoms with van der Waals surface area (Å²) in [5, 5.41) is 3.31. The molecule has 0 saturated carbocycles. The second-order valence-electron chi connectivity index (χ2n) is 5.56. The zero-order valence-electron chi connectivity index (χ0n) is 11.0. The van der Waals surface area contributed by atoms with E-state index < -0.39 is 0 Å². The lowest BCUT2D eigenvalue weighted by Crippen LogP contribution is -2.58. The van der Waals surface area contributed by atoms with Gasteiger partial charge in [-0.2, -0.15) is 0 Å². The normalized spacial score (nSPS) is 26.9. The number of amides is 1. The molecule has 1 aliphatic heterocycles. The monoisotopic (exact) mass is 228 g/mol. The van der Waals surface area contributed by atoms with Gasteiger partial charge in [-0.3, -0.25) is 4.79 Å². The molecule has 0 aromatic heterocycles. The van der Waals surface area contributed by atoms with Crippen molar-refractivity contribution in [3.63, 3.8) is 0 Å². The standard InChI is InChI=1S/C12H24N2O2/c1-9-6-13-7-10(2)14(9)11(15)8-16-12(3,4)5/h9-10,13H,6-8H2,1-5H3. The Morgan fingerprint density at radius 1 is 1.31 bits per heavy atom. The Labute approximate surface area is 98.3 Å². The summed E-state index contributed by atoms with van der Waals surface area (Å²) in [6.45, 7) is 11.9. The fourth-order valence-corrected chi connectivity index (χ4v) is 1.98. The zero-order chi connectivity index (χ0) is 12.3. The van der Waals surface area contributed by atoms with E-state index >= 15 is 0 Å². The van der Waals surface area contributed by atoms with E-state index in [1.165, 1.54) is 0 Å². The first-order chi connectivity index (χ1) is 7.31. The minimum absolute atomic E-state index is 0.0939. The van der Waals surface area contributed by atoms with Gasteiger partial charge in [-0.1, -0.05) is 0 Å². The summed E-state index contributed by atoms with van der Waals surface area (Å²) in [7, 11) is 0. The molecule has 1 aliphatic rings. The van der Waals surface area contributed by atoms with Gasteiger partial charge in [-0.05, 0) is 34.6 Å². The molecule has 1 heterocycles. The van der Waals surface area contributed by atoms with Gasteiger partial charge in [-0.25, -0.2) is 0 Å². The SMILES string of the molecule is CC1CNCC(C)N1C(=O)COC(C)(C)C. The minimum atomic E-state index is -0.254. The Morgan fingerprint density at radius 3 is 2.25 bits per heavy atom. The van der Waals surface area contributed by atoms with Crippen LogP contribution in [0.5, 0.6) is 0 Å². The highest BCUT2D eigenvalue weighted by Gasteiger charge is 2.29. The molecule has 1 saturated heterocycles. The molecule has 0 radical (unpaired) electrons. The Bertz CT molecular complexity index is 238. The summed E-state index contributed by atoms with van der Waals surface area (Å²) < 4.78 is 5.53. The van der Waals surface area contributed by atoms with E-state index in [0.717, 1.165) is 13.1 Å². The third kappa shape index (κ3) is 3.76. The molecule has 1 N–H and O–H groups in total. The number of hydrogen-bond acceptors (Lipinski definition) is 3. The van der Waals surface area contributed by atoms with E-state index in [1.807, 2.05) is 25.7 Å². The molecule has 0 spiro atoms. The van der Waals surface area contributed by atoms with Gasteiger partial charge < -0.3 is 15.0 Å². The molecule has 1 rings (SSSR count). The van der Waals surface area contributed by atoms with Crippen LogP contribution < -0.4 is 5.32 Å². The third-order valence-corrected chi connectivity index (χ3v) is 2.75. The molecule has 1 fully saturated rings. The van der Waals surface area contributed by atoms with Gasteiger partial charge in [0.1, 0.15) is 6.61 Å². The topological polar surface area (TPSA) is 41.6 Å². The third-order valence-electron chi connectivity index (χ3n) is 2.75. The molecule has 0 aromatic carbocycles. The average Bonchev–Trinajstić information content (AvgIpc) is 2.13. The molecule has 1 amide bonds. The fraction of sp³-hybridized carbons (Fsp3) is 0.917. The summed E-state index contributed by atoms with van der Waals surface area (Å²) in [5.74, 6) is 0.0939. The van der Waals surface area contributed by atoms with Gasteiger partial charge in [0.2, 0.25) is 5.91 Å². The molecule has 2 unspecified atom stereocenters. The first-order valence-corrected chi connectivity index (χ1v) is 5.97. The van der Waals surface area contributed by atoms with Crippen LogP contribution in [0.3, 0.4) is 0 Å². The molecule has 0 bridgehead atoms.